The summed E-state index contributed by atoms with van der Waals surface area (Å²) in [6.07, 6.45) is 7.73. The molecule has 2 aromatic rings. The third kappa shape index (κ3) is 3.88. The smallest absolute Gasteiger partial charge is 0.234 e. The van der Waals surface area contributed by atoms with Crippen molar-refractivity contribution < 1.29 is 9.47 Å². The Balaban J connectivity index is 1.67. The van der Waals surface area contributed by atoms with Crippen LogP contribution in [0.4, 0.5) is 11.6 Å². The lowest BCUT2D eigenvalue weighted by molar-refractivity contribution is 0.118. The number of aromatic nitrogens is 4. The fourth-order valence-corrected chi connectivity index (χ4v) is 2.85. The predicted molar refractivity (Wildman–Crippen MR) is 90.3 cm³/mol. The zero-order valence-electron chi connectivity index (χ0n) is 13.9. The minimum Gasteiger partial charge on any atom is -0.477 e. The number of rotatable bonds is 7. The highest BCUT2D eigenvalue weighted by molar-refractivity contribution is 5.42. The van der Waals surface area contributed by atoms with Crippen molar-refractivity contribution >= 4 is 11.6 Å². The van der Waals surface area contributed by atoms with E-state index < -0.39 is 0 Å². The molecule has 1 aliphatic heterocycles. The fraction of sp³-hybridized carbons (Fsp3) is 0.500. The van der Waals surface area contributed by atoms with Crippen LogP contribution in [0.15, 0.2) is 31.0 Å². The van der Waals surface area contributed by atoms with E-state index in [9.17, 15) is 0 Å². The molecule has 0 saturated carbocycles. The molecule has 0 spiro atoms. The van der Waals surface area contributed by atoms with Crippen molar-refractivity contribution in [3.63, 3.8) is 0 Å². The van der Waals surface area contributed by atoms with E-state index in [0.717, 1.165) is 18.8 Å². The molecular weight excluding hydrogens is 308 g/mol. The minimum absolute atomic E-state index is 0.188. The molecule has 0 amide bonds. The van der Waals surface area contributed by atoms with Crippen LogP contribution in [0, 0.1) is 0 Å². The predicted octanol–water partition coefficient (Wildman–Crippen LogP) is 1.37. The second-order valence-corrected chi connectivity index (χ2v) is 5.52. The summed E-state index contributed by atoms with van der Waals surface area (Å²) in [6.45, 7) is 4.02. The third-order valence-electron chi connectivity index (χ3n) is 3.99. The standard InChI is InChI=1S/C16H22N6O2/c1-3-24-16-9-18-8-14(21-16)19-7-12-6-13(23-2)10-22(12)15-4-5-17-11-20-15/h4-5,8-9,11-13H,3,6-7,10H2,1-2H3,(H,19,21)/t12-,13-/m1/s1. The van der Waals surface area contributed by atoms with Crippen LogP contribution in [0.2, 0.25) is 0 Å². The largest absolute Gasteiger partial charge is 0.477 e. The molecule has 3 rings (SSSR count). The summed E-state index contributed by atoms with van der Waals surface area (Å²) in [5.74, 6) is 2.13. The summed E-state index contributed by atoms with van der Waals surface area (Å²) in [5, 5.41) is 3.34. The Morgan fingerprint density at radius 1 is 1.33 bits per heavy atom. The molecule has 1 N–H and O–H groups in total. The molecule has 8 nitrogen and oxygen atoms in total. The molecular formula is C16H22N6O2. The molecule has 24 heavy (non-hydrogen) atoms. The van der Waals surface area contributed by atoms with Crippen LogP contribution in [0.3, 0.4) is 0 Å². The molecule has 1 saturated heterocycles. The molecule has 0 aromatic carbocycles. The first-order valence-electron chi connectivity index (χ1n) is 8.04. The van der Waals surface area contributed by atoms with Crippen molar-refractivity contribution in [1.82, 2.24) is 19.9 Å². The molecule has 8 heteroatoms. The van der Waals surface area contributed by atoms with Gasteiger partial charge in [-0.05, 0) is 19.4 Å². The van der Waals surface area contributed by atoms with Gasteiger partial charge in [-0.2, -0.15) is 4.98 Å². The van der Waals surface area contributed by atoms with E-state index in [4.69, 9.17) is 9.47 Å². The fourth-order valence-electron chi connectivity index (χ4n) is 2.85. The van der Waals surface area contributed by atoms with Crippen LogP contribution in [0.5, 0.6) is 5.88 Å². The van der Waals surface area contributed by atoms with Gasteiger partial charge in [-0.15, -0.1) is 0 Å². The summed E-state index contributed by atoms with van der Waals surface area (Å²) >= 11 is 0. The Morgan fingerprint density at radius 3 is 3.00 bits per heavy atom. The summed E-state index contributed by atoms with van der Waals surface area (Å²) in [4.78, 5) is 19.1. The number of anilines is 2. The van der Waals surface area contributed by atoms with Crippen molar-refractivity contribution in [2.24, 2.45) is 0 Å². The second kappa shape index (κ2) is 7.87. The van der Waals surface area contributed by atoms with Gasteiger partial charge in [-0.25, -0.2) is 9.97 Å². The quantitative estimate of drug-likeness (QED) is 0.815. The average Bonchev–Trinajstić information content (AvgIpc) is 3.05. The first kappa shape index (κ1) is 16.4. The topological polar surface area (TPSA) is 85.3 Å². The molecule has 1 aliphatic rings. The average molecular weight is 330 g/mol. The maximum absolute atomic E-state index is 5.54. The van der Waals surface area contributed by atoms with Crippen LogP contribution in [-0.2, 0) is 4.74 Å². The van der Waals surface area contributed by atoms with Crippen LogP contribution < -0.4 is 15.0 Å². The first-order valence-corrected chi connectivity index (χ1v) is 8.04. The van der Waals surface area contributed by atoms with E-state index in [1.165, 1.54) is 0 Å². The second-order valence-electron chi connectivity index (χ2n) is 5.52. The van der Waals surface area contributed by atoms with Crippen LogP contribution in [0.25, 0.3) is 0 Å². The van der Waals surface area contributed by atoms with Crippen LogP contribution >= 0.6 is 0 Å². The lowest BCUT2D eigenvalue weighted by Gasteiger charge is -2.25. The van der Waals surface area contributed by atoms with Crippen LogP contribution in [0.1, 0.15) is 13.3 Å². The van der Waals surface area contributed by atoms with E-state index in [2.05, 4.69) is 30.2 Å². The Labute approximate surface area is 141 Å². The number of ether oxygens (including phenoxy) is 2. The van der Waals surface area contributed by atoms with Gasteiger partial charge in [0.2, 0.25) is 5.88 Å². The molecule has 3 heterocycles. The monoisotopic (exact) mass is 330 g/mol. The molecule has 0 aliphatic carbocycles. The lowest BCUT2D eigenvalue weighted by atomic mass is 10.2. The normalized spacial score (nSPS) is 20.2. The van der Waals surface area contributed by atoms with Gasteiger partial charge >= 0.3 is 0 Å². The number of methoxy groups -OCH3 is 1. The van der Waals surface area contributed by atoms with Crippen molar-refractivity contribution in [3.05, 3.63) is 31.0 Å². The van der Waals surface area contributed by atoms with Gasteiger partial charge in [0.05, 0.1) is 31.1 Å². The highest BCUT2D eigenvalue weighted by atomic mass is 16.5. The van der Waals surface area contributed by atoms with Gasteiger partial charge in [-0.3, -0.25) is 4.98 Å². The van der Waals surface area contributed by atoms with Gasteiger partial charge in [0.25, 0.3) is 0 Å². The number of hydrogen-bond donors (Lipinski definition) is 1. The summed E-state index contributed by atoms with van der Waals surface area (Å²) in [6, 6.07) is 2.17. The SMILES string of the molecule is CCOc1cncc(NC[C@H]2C[C@@H](OC)CN2c2ccncn2)n1. The van der Waals surface area contributed by atoms with E-state index in [1.807, 2.05) is 13.0 Å². The maximum Gasteiger partial charge on any atom is 0.234 e. The molecule has 0 bridgehead atoms. The summed E-state index contributed by atoms with van der Waals surface area (Å²) in [7, 11) is 1.75. The van der Waals surface area contributed by atoms with Crippen molar-refractivity contribution in [3.8, 4) is 5.88 Å². The van der Waals surface area contributed by atoms with Gasteiger partial charge in [0.1, 0.15) is 18.0 Å². The Hall–Kier alpha value is -2.48. The number of nitrogens with one attached hydrogen (secondary N) is 1. The molecule has 0 unspecified atom stereocenters. The summed E-state index contributed by atoms with van der Waals surface area (Å²) in [5.41, 5.74) is 0. The highest BCUT2D eigenvalue weighted by Crippen LogP contribution is 2.25. The van der Waals surface area contributed by atoms with E-state index in [0.29, 0.717) is 24.8 Å². The van der Waals surface area contributed by atoms with Gasteiger partial charge < -0.3 is 19.7 Å². The van der Waals surface area contributed by atoms with E-state index in [1.54, 1.807) is 32.0 Å². The zero-order valence-corrected chi connectivity index (χ0v) is 13.9. The van der Waals surface area contributed by atoms with Crippen molar-refractivity contribution in [2.45, 2.75) is 25.5 Å². The van der Waals surface area contributed by atoms with E-state index >= 15 is 0 Å². The molecule has 1 fully saturated rings. The Kier molecular flexibility index (Phi) is 5.37. The molecule has 0 radical (unpaired) electrons. The zero-order chi connectivity index (χ0) is 16.8. The minimum atomic E-state index is 0.188. The highest BCUT2D eigenvalue weighted by Gasteiger charge is 2.32. The maximum atomic E-state index is 5.54. The first-order chi connectivity index (χ1) is 11.8. The van der Waals surface area contributed by atoms with Gasteiger partial charge in [-0.1, -0.05) is 0 Å². The molecule has 128 valence electrons. The molecule has 2 aromatic heterocycles. The number of nitrogens with zero attached hydrogens (tertiary/aromatic N) is 5. The van der Waals surface area contributed by atoms with Crippen molar-refractivity contribution in [1.29, 1.82) is 0 Å². The summed E-state index contributed by atoms with van der Waals surface area (Å²) < 4.78 is 10.9. The Morgan fingerprint density at radius 2 is 2.25 bits per heavy atom. The van der Waals surface area contributed by atoms with Gasteiger partial charge in [0.15, 0.2) is 0 Å². The third-order valence-corrected chi connectivity index (χ3v) is 3.99. The molecule has 2 atom stereocenters. The lowest BCUT2D eigenvalue weighted by Crippen LogP contribution is -2.35. The van der Waals surface area contributed by atoms with Crippen LogP contribution in [-0.4, -0.2) is 58.9 Å². The number of hydrogen-bond acceptors (Lipinski definition) is 8. The van der Waals surface area contributed by atoms with Crippen molar-refractivity contribution in [2.75, 3.05) is 37.0 Å². The van der Waals surface area contributed by atoms with Gasteiger partial charge in [0, 0.05) is 26.4 Å². The van der Waals surface area contributed by atoms with E-state index in [-0.39, 0.29) is 12.1 Å². The Bertz CT molecular complexity index is 641.